The molecule has 0 spiro atoms. The number of nitrogens with one attached hydrogen (secondary N) is 2. The molecular formula is C19H26N2O3S. The molecule has 1 heterocycles. The van der Waals surface area contributed by atoms with Gasteiger partial charge in [-0.1, -0.05) is 12.1 Å². The van der Waals surface area contributed by atoms with Crippen molar-refractivity contribution in [2.75, 3.05) is 13.7 Å². The quantitative estimate of drug-likeness (QED) is 0.637. The lowest BCUT2D eigenvalue weighted by Gasteiger charge is -2.12. The normalized spacial score (nSPS) is 10.7. The van der Waals surface area contributed by atoms with Crippen LogP contribution < -0.4 is 20.1 Å². The Morgan fingerprint density at radius 3 is 2.76 bits per heavy atom. The molecule has 0 atom stereocenters. The molecule has 0 fully saturated rings. The van der Waals surface area contributed by atoms with Gasteiger partial charge in [-0.15, -0.1) is 11.3 Å². The molecule has 0 aliphatic rings. The van der Waals surface area contributed by atoms with Crippen molar-refractivity contribution >= 4 is 17.2 Å². The minimum Gasteiger partial charge on any atom is -0.493 e. The van der Waals surface area contributed by atoms with Crippen molar-refractivity contribution in [1.82, 2.24) is 10.6 Å². The van der Waals surface area contributed by atoms with Crippen LogP contribution in [0.25, 0.3) is 0 Å². The number of thiophene rings is 1. The fourth-order valence-corrected chi connectivity index (χ4v) is 2.93. The summed E-state index contributed by atoms with van der Waals surface area (Å²) < 4.78 is 11.3. The van der Waals surface area contributed by atoms with Crippen molar-refractivity contribution in [2.45, 2.75) is 39.5 Å². The van der Waals surface area contributed by atoms with E-state index in [9.17, 15) is 4.79 Å². The Labute approximate surface area is 153 Å². The van der Waals surface area contributed by atoms with Crippen LogP contribution in [0.5, 0.6) is 11.5 Å². The molecule has 136 valence electrons. The van der Waals surface area contributed by atoms with Crippen LogP contribution in [0.2, 0.25) is 0 Å². The van der Waals surface area contributed by atoms with Gasteiger partial charge in [0.1, 0.15) is 6.61 Å². The number of methoxy groups -OCH3 is 1. The third kappa shape index (κ3) is 6.76. The summed E-state index contributed by atoms with van der Waals surface area (Å²) in [5.41, 5.74) is 1.09. The van der Waals surface area contributed by atoms with Gasteiger partial charge in [0.25, 0.3) is 0 Å². The van der Waals surface area contributed by atoms with Gasteiger partial charge in [-0.2, -0.15) is 0 Å². The maximum Gasteiger partial charge on any atom is 0.221 e. The van der Waals surface area contributed by atoms with Crippen LogP contribution >= 0.6 is 11.3 Å². The van der Waals surface area contributed by atoms with Crippen molar-refractivity contribution in [3.8, 4) is 11.5 Å². The summed E-state index contributed by atoms with van der Waals surface area (Å²) in [5.74, 6) is 1.52. The molecule has 0 radical (unpaired) electrons. The number of carbonyl (C=O) groups excluding carboxylic acids is 1. The number of hydrogen-bond donors (Lipinski definition) is 2. The number of ether oxygens (including phenoxy) is 2. The van der Waals surface area contributed by atoms with Gasteiger partial charge < -0.3 is 20.1 Å². The predicted octanol–water partition coefficient (Wildman–Crippen LogP) is 3.34. The number of carbonyl (C=O) groups is 1. The Bertz CT molecular complexity index is 657. The van der Waals surface area contributed by atoms with E-state index < -0.39 is 0 Å². The van der Waals surface area contributed by atoms with E-state index >= 15 is 0 Å². The van der Waals surface area contributed by atoms with Crippen LogP contribution in [0.3, 0.4) is 0 Å². The highest BCUT2D eigenvalue weighted by atomic mass is 32.1. The first-order valence-corrected chi connectivity index (χ1v) is 9.28. The lowest BCUT2D eigenvalue weighted by Crippen LogP contribution is -2.32. The monoisotopic (exact) mass is 362 g/mol. The molecule has 0 saturated carbocycles. The van der Waals surface area contributed by atoms with Gasteiger partial charge in [0.05, 0.1) is 7.11 Å². The van der Waals surface area contributed by atoms with Gasteiger partial charge >= 0.3 is 0 Å². The van der Waals surface area contributed by atoms with Gasteiger partial charge in [-0.3, -0.25) is 4.79 Å². The molecular weight excluding hydrogens is 336 g/mol. The summed E-state index contributed by atoms with van der Waals surface area (Å²) >= 11 is 1.67. The third-order valence-corrected chi connectivity index (χ3v) is 4.34. The smallest absolute Gasteiger partial charge is 0.221 e. The molecule has 0 aliphatic carbocycles. The summed E-state index contributed by atoms with van der Waals surface area (Å²) in [6, 6.07) is 10.1. The van der Waals surface area contributed by atoms with Gasteiger partial charge in [0, 0.05) is 30.4 Å². The zero-order valence-electron chi connectivity index (χ0n) is 15.0. The first kappa shape index (κ1) is 19.3. The highest BCUT2D eigenvalue weighted by Gasteiger charge is 2.07. The molecule has 2 rings (SSSR count). The molecule has 1 aromatic heterocycles. The molecule has 0 unspecified atom stereocenters. The van der Waals surface area contributed by atoms with Crippen molar-refractivity contribution in [3.63, 3.8) is 0 Å². The average Bonchev–Trinajstić information content (AvgIpc) is 3.10. The molecule has 6 heteroatoms. The molecule has 5 nitrogen and oxygen atoms in total. The van der Waals surface area contributed by atoms with Crippen molar-refractivity contribution < 1.29 is 14.3 Å². The van der Waals surface area contributed by atoms with Crippen LogP contribution in [0.4, 0.5) is 0 Å². The predicted molar refractivity (Wildman–Crippen MR) is 101 cm³/mol. The van der Waals surface area contributed by atoms with Crippen LogP contribution in [-0.4, -0.2) is 25.6 Å². The summed E-state index contributed by atoms with van der Waals surface area (Å²) in [7, 11) is 1.64. The first-order chi connectivity index (χ1) is 12.1. The van der Waals surface area contributed by atoms with E-state index in [0.29, 0.717) is 31.9 Å². The maximum atomic E-state index is 11.6. The molecule has 1 amide bonds. The van der Waals surface area contributed by atoms with Crippen LogP contribution in [0.1, 0.15) is 30.7 Å². The van der Waals surface area contributed by atoms with Gasteiger partial charge in [-0.25, -0.2) is 0 Å². The standard InChI is InChI=1S/C19H26N2O3S/c1-14(2)21-19(22)8-9-20-12-15-6-7-17(18(11-15)23-3)24-13-16-5-4-10-25-16/h4-7,10-11,14,20H,8-9,12-13H2,1-3H3,(H,21,22). The van der Waals surface area contributed by atoms with Crippen molar-refractivity contribution in [1.29, 1.82) is 0 Å². The second-order valence-electron chi connectivity index (χ2n) is 6.00. The Kier molecular flexibility index (Phi) is 7.76. The number of rotatable bonds is 10. The van der Waals surface area contributed by atoms with Crippen molar-refractivity contribution in [3.05, 3.63) is 46.2 Å². The second kappa shape index (κ2) is 10.1. The number of benzene rings is 1. The lowest BCUT2D eigenvalue weighted by molar-refractivity contribution is -0.121. The minimum atomic E-state index is 0.0670. The zero-order valence-corrected chi connectivity index (χ0v) is 15.8. The van der Waals surface area contributed by atoms with E-state index in [-0.39, 0.29) is 11.9 Å². The van der Waals surface area contributed by atoms with Crippen LogP contribution in [0, 0.1) is 0 Å². The molecule has 0 saturated heterocycles. The van der Waals surface area contributed by atoms with Crippen LogP contribution in [0.15, 0.2) is 35.7 Å². The highest BCUT2D eigenvalue weighted by Crippen LogP contribution is 2.29. The fraction of sp³-hybridized carbons (Fsp3) is 0.421. The summed E-state index contributed by atoms with van der Waals surface area (Å²) in [6.45, 7) is 5.77. The van der Waals surface area contributed by atoms with Crippen molar-refractivity contribution in [2.24, 2.45) is 0 Å². The van der Waals surface area contributed by atoms with E-state index in [2.05, 4.69) is 10.6 Å². The molecule has 0 aliphatic heterocycles. The molecule has 25 heavy (non-hydrogen) atoms. The fourth-order valence-electron chi connectivity index (χ4n) is 2.31. The third-order valence-electron chi connectivity index (χ3n) is 3.49. The zero-order chi connectivity index (χ0) is 18.1. The molecule has 1 aromatic carbocycles. The van der Waals surface area contributed by atoms with E-state index in [1.54, 1.807) is 18.4 Å². The second-order valence-corrected chi connectivity index (χ2v) is 7.03. The van der Waals surface area contributed by atoms with Gasteiger partial charge in [-0.05, 0) is 43.0 Å². The minimum absolute atomic E-state index is 0.0670. The van der Waals surface area contributed by atoms with Gasteiger partial charge in [0.15, 0.2) is 11.5 Å². The van der Waals surface area contributed by atoms with E-state index in [4.69, 9.17) is 9.47 Å². The molecule has 0 bridgehead atoms. The van der Waals surface area contributed by atoms with E-state index in [0.717, 1.165) is 11.3 Å². The number of amides is 1. The van der Waals surface area contributed by atoms with E-state index in [1.807, 2.05) is 49.6 Å². The Morgan fingerprint density at radius 1 is 1.24 bits per heavy atom. The van der Waals surface area contributed by atoms with Crippen LogP contribution in [-0.2, 0) is 17.9 Å². The molecule has 2 N–H and O–H groups in total. The Morgan fingerprint density at radius 2 is 2.08 bits per heavy atom. The lowest BCUT2D eigenvalue weighted by atomic mass is 10.2. The summed E-state index contributed by atoms with van der Waals surface area (Å²) in [5, 5.41) is 8.19. The number of hydrogen-bond acceptors (Lipinski definition) is 5. The largest absolute Gasteiger partial charge is 0.493 e. The maximum absolute atomic E-state index is 11.6. The Hall–Kier alpha value is -2.05. The summed E-state index contributed by atoms with van der Waals surface area (Å²) in [4.78, 5) is 12.8. The van der Waals surface area contributed by atoms with E-state index in [1.165, 1.54) is 4.88 Å². The topological polar surface area (TPSA) is 59.6 Å². The summed E-state index contributed by atoms with van der Waals surface area (Å²) in [6.07, 6.45) is 0.470. The first-order valence-electron chi connectivity index (χ1n) is 8.40. The molecule has 2 aromatic rings. The highest BCUT2D eigenvalue weighted by molar-refractivity contribution is 7.09. The average molecular weight is 362 g/mol. The SMILES string of the molecule is COc1cc(CNCCC(=O)NC(C)C)ccc1OCc1cccs1. The Balaban J connectivity index is 1.80. The van der Waals surface area contributed by atoms with Gasteiger partial charge in [0.2, 0.25) is 5.91 Å².